The van der Waals surface area contributed by atoms with Gasteiger partial charge >= 0.3 is 0 Å². The summed E-state index contributed by atoms with van der Waals surface area (Å²) < 4.78 is 0. The molecule has 2 amide bonds. The van der Waals surface area contributed by atoms with Crippen molar-refractivity contribution in [3.8, 4) is 0 Å². The predicted octanol–water partition coefficient (Wildman–Crippen LogP) is -0.258. The molecule has 0 aromatic carbocycles. The van der Waals surface area contributed by atoms with Crippen LogP contribution in [0.3, 0.4) is 0 Å². The summed E-state index contributed by atoms with van der Waals surface area (Å²) >= 11 is 0. The van der Waals surface area contributed by atoms with Crippen LogP contribution in [0.25, 0.3) is 0 Å². The normalized spacial score (nSPS) is 26.4. The molecule has 0 bridgehead atoms. The van der Waals surface area contributed by atoms with Crippen molar-refractivity contribution < 1.29 is 9.59 Å². The summed E-state index contributed by atoms with van der Waals surface area (Å²) in [6, 6.07) is -0.811. The molecule has 0 aromatic heterocycles. The molecule has 1 aliphatic rings. The summed E-state index contributed by atoms with van der Waals surface area (Å²) in [4.78, 5) is 22.1. The summed E-state index contributed by atoms with van der Waals surface area (Å²) in [5, 5.41) is 2.79. The minimum absolute atomic E-state index is 0.0912. The molecule has 0 heterocycles. The SMILES string of the molecule is CC1CCCC1CNC(=O)C(N)CC(N)=O. The number of hydrogen-bond acceptors (Lipinski definition) is 3. The number of primary amides is 1. The van der Waals surface area contributed by atoms with Gasteiger partial charge in [0.25, 0.3) is 0 Å². The van der Waals surface area contributed by atoms with E-state index in [4.69, 9.17) is 11.5 Å². The lowest BCUT2D eigenvalue weighted by Crippen LogP contribution is -2.44. The fourth-order valence-corrected chi connectivity index (χ4v) is 2.20. The standard InChI is InChI=1S/C11H21N3O2/c1-7-3-2-4-8(7)6-14-11(16)9(12)5-10(13)15/h7-9H,2-6,12H2,1H3,(H2,13,15)(H,14,16). The Hall–Kier alpha value is -1.10. The maximum atomic E-state index is 11.5. The second kappa shape index (κ2) is 5.84. The van der Waals surface area contributed by atoms with Crippen LogP contribution in [0.15, 0.2) is 0 Å². The van der Waals surface area contributed by atoms with Crippen molar-refractivity contribution in [2.24, 2.45) is 23.3 Å². The zero-order chi connectivity index (χ0) is 12.1. The molecule has 5 heteroatoms. The lowest BCUT2D eigenvalue weighted by Gasteiger charge is -2.17. The van der Waals surface area contributed by atoms with E-state index in [1.165, 1.54) is 12.8 Å². The predicted molar refractivity (Wildman–Crippen MR) is 61.3 cm³/mol. The number of nitrogens with two attached hydrogens (primary N) is 2. The number of carbonyl (C=O) groups excluding carboxylic acids is 2. The zero-order valence-electron chi connectivity index (χ0n) is 9.74. The second-order valence-electron chi connectivity index (χ2n) is 4.69. The largest absolute Gasteiger partial charge is 0.370 e. The lowest BCUT2D eigenvalue weighted by atomic mass is 9.98. The van der Waals surface area contributed by atoms with Gasteiger partial charge in [-0.05, 0) is 18.3 Å². The highest BCUT2D eigenvalue weighted by Gasteiger charge is 2.24. The van der Waals surface area contributed by atoms with Crippen LogP contribution in [0.4, 0.5) is 0 Å². The highest BCUT2D eigenvalue weighted by molar-refractivity contribution is 5.87. The van der Waals surface area contributed by atoms with E-state index in [0.29, 0.717) is 18.4 Å². The highest BCUT2D eigenvalue weighted by Crippen LogP contribution is 2.30. The first-order valence-corrected chi connectivity index (χ1v) is 5.82. The van der Waals surface area contributed by atoms with Crippen molar-refractivity contribution in [3.05, 3.63) is 0 Å². The van der Waals surface area contributed by atoms with Gasteiger partial charge in [-0.15, -0.1) is 0 Å². The van der Waals surface area contributed by atoms with Crippen molar-refractivity contribution >= 4 is 11.8 Å². The molecule has 1 rings (SSSR count). The average Bonchev–Trinajstić information content (AvgIpc) is 2.59. The van der Waals surface area contributed by atoms with Gasteiger partial charge in [-0.3, -0.25) is 9.59 Å². The number of amides is 2. The Kier molecular flexibility index (Phi) is 4.73. The fraction of sp³-hybridized carbons (Fsp3) is 0.818. The molecule has 0 radical (unpaired) electrons. The molecule has 0 aliphatic heterocycles. The monoisotopic (exact) mass is 227 g/mol. The second-order valence-corrected chi connectivity index (χ2v) is 4.69. The summed E-state index contributed by atoms with van der Waals surface area (Å²) in [6.45, 7) is 2.86. The summed E-state index contributed by atoms with van der Waals surface area (Å²) in [7, 11) is 0. The van der Waals surface area contributed by atoms with E-state index in [1.54, 1.807) is 0 Å². The van der Waals surface area contributed by atoms with Crippen LogP contribution in [-0.2, 0) is 9.59 Å². The van der Waals surface area contributed by atoms with Crippen molar-refractivity contribution in [2.45, 2.75) is 38.6 Å². The van der Waals surface area contributed by atoms with Crippen LogP contribution in [0.1, 0.15) is 32.6 Å². The molecule has 0 spiro atoms. The molecule has 5 N–H and O–H groups in total. The Morgan fingerprint density at radius 2 is 2.12 bits per heavy atom. The van der Waals surface area contributed by atoms with Crippen LogP contribution in [0.5, 0.6) is 0 Å². The van der Waals surface area contributed by atoms with Gasteiger partial charge < -0.3 is 16.8 Å². The number of carbonyl (C=O) groups is 2. The number of hydrogen-bond donors (Lipinski definition) is 3. The van der Waals surface area contributed by atoms with Gasteiger partial charge in [0.15, 0.2) is 0 Å². The molecule has 3 atom stereocenters. The molecule has 16 heavy (non-hydrogen) atoms. The topological polar surface area (TPSA) is 98.2 Å². The Labute approximate surface area is 95.9 Å². The van der Waals surface area contributed by atoms with Crippen molar-refractivity contribution in [1.82, 2.24) is 5.32 Å². The van der Waals surface area contributed by atoms with Gasteiger partial charge in [0, 0.05) is 6.54 Å². The van der Waals surface area contributed by atoms with E-state index in [-0.39, 0.29) is 12.3 Å². The van der Waals surface area contributed by atoms with E-state index in [9.17, 15) is 9.59 Å². The van der Waals surface area contributed by atoms with Crippen molar-refractivity contribution in [2.75, 3.05) is 6.54 Å². The molecule has 0 aromatic rings. The average molecular weight is 227 g/mol. The van der Waals surface area contributed by atoms with Gasteiger partial charge in [-0.25, -0.2) is 0 Å². The maximum absolute atomic E-state index is 11.5. The lowest BCUT2D eigenvalue weighted by molar-refractivity contribution is -0.126. The van der Waals surface area contributed by atoms with E-state index in [0.717, 1.165) is 6.42 Å². The molecule has 3 unspecified atom stereocenters. The van der Waals surface area contributed by atoms with Gasteiger partial charge in [-0.1, -0.05) is 19.8 Å². The molecule has 1 saturated carbocycles. The third-order valence-electron chi connectivity index (χ3n) is 3.34. The number of nitrogens with one attached hydrogen (secondary N) is 1. The molecule has 1 fully saturated rings. The third kappa shape index (κ3) is 3.81. The smallest absolute Gasteiger partial charge is 0.237 e. The summed E-state index contributed by atoms with van der Waals surface area (Å²) in [5.41, 5.74) is 10.5. The van der Waals surface area contributed by atoms with Gasteiger partial charge in [0.2, 0.25) is 11.8 Å². The highest BCUT2D eigenvalue weighted by atomic mass is 16.2. The molecule has 5 nitrogen and oxygen atoms in total. The van der Waals surface area contributed by atoms with Crippen LogP contribution in [0, 0.1) is 11.8 Å². The van der Waals surface area contributed by atoms with Crippen molar-refractivity contribution in [3.63, 3.8) is 0 Å². The first-order valence-electron chi connectivity index (χ1n) is 5.82. The first-order chi connectivity index (χ1) is 7.50. The third-order valence-corrected chi connectivity index (χ3v) is 3.34. The van der Waals surface area contributed by atoms with Gasteiger partial charge in [0.05, 0.1) is 12.5 Å². The summed E-state index contributed by atoms with van der Waals surface area (Å²) in [5.74, 6) is 0.382. The van der Waals surface area contributed by atoms with E-state index in [1.807, 2.05) is 0 Å². The Bertz CT molecular complexity index is 268. The minimum Gasteiger partial charge on any atom is -0.370 e. The molecular formula is C11H21N3O2. The Morgan fingerprint density at radius 1 is 1.44 bits per heavy atom. The number of rotatable bonds is 5. The summed E-state index contributed by atoms with van der Waals surface area (Å²) in [6.07, 6.45) is 3.53. The molecule has 1 aliphatic carbocycles. The van der Waals surface area contributed by atoms with Crippen LogP contribution < -0.4 is 16.8 Å². The van der Waals surface area contributed by atoms with E-state index < -0.39 is 11.9 Å². The zero-order valence-corrected chi connectivity index (χ0v) is 9.74. The maximum Gasteiger partial charge on any atom is 0.237 e. The molecule has 0 saturated heterocycles. The van der Waals surface area contributed by atoms with E-state index in [2.05, 4.69) is 12.2 Å². The Morgan fingerprint density at radius 3 is 2.62 bits per heavy atom. The van der Waals surface area contributed by atoms with Crippen LogP contribution in [-0.4, -0.2) is 24.4 Å². The quantitative estimate of drug-likeness (QED) is 0.603. The van der Waals surface area contributed by atoms with Crippen LogP contribution in [0.2, 0.25) is 0 Å². The van der Waals surface area contributed by atoms with Gasteiger partial charge in [0.1, 0.15) is 0 Å². The Balaban J connectivity index is 2.26. The molecule has 92 valence electrons. The van der Waals surface area contributed by atoms with Gasteiger partial charge in [-0.2, -0.15) is 0 Å². The van der Waals surface area contributed by atoms with E-state index >= 15 is 0 Å². The molecular weight excluding hydrogens is 206 g/mol. The minimum atomic E-state index is -0.811. The first kappa shape index (κ1) is 13.0. The van der Waals surface area contributed by atoms with Crippen LogP contribution >= 0.6 is 0 Å². The van der Waals surface area contributed by atoms with Crippen molar-refractivity contribution in [1.29, 1.82) is 0 Å². The fourth-order valence-electron chi connectivity index (χ4n) is 2.20.